The van der Waals surface area contributed by atoms with Crippen molar-refractivity contribution in [2.75, 3.05) is 6.54 Å². The molecule has 22 heavy (non-hydrogen) atoms. The quantitative estimate of drug-likeness (QED) is 0.748. The van der Waals surface area contributed by atoms with Crippen LogP contribution < -0.4 is 0 Å². The molecule has 0 saturated carbocycles. The minimum absolute atomic E-state index is 0.164. The highest BCUT2D eigenvalue weighted by atomic mass is 35.5. The molecular weight excluding hydrogens is 337 g/mol. The Kier molecular flexibility index (Phi) is 4.76. The van der Waals surface area contributed by atoms with Crippen LogP contribution in [-0.2, 0) is 17.6 Å². The van der Waals surface area contributed by atoms with Crippen LogP contribution in [0.1, 0.15) is 35.4 Å². The van der Waals surface area contributed by atoms with Gasteiger partial charge in [-0.2, -0.15) is 0 Å². The number of aryl methyl sites for hydroxylation is 1. The van der Waals surface area contributed by atoms with E-state index in [4.69, 9.17) is 23.2 Å². The fourth-order valence-corrected chi connectivity index (χ4v) is 4.35. The van der Waals surface area contributed by atoms with Gasteiger partial charge in [-0.1, -0.05) is 35.3 Å². The Morgan fingerprint density at radius 3 is 3.00 bits per heavy atom. The number of hydrogen-bond donors (Lipinski definition) is 0. The van der Waals surface area contributed by atoms with E-state index in [0.29, 0.717) is 22.9 Å². The normalized spacial score (nSPS) is 17.4. The maximum Gasteiger partial charge on any atom is 0.223 e. The second-order valence-corrected chi connectivity index (χ2v) is 7.31. The van der Waals surface area contributed by atoms with Crippen molar-refractivity contribution in [1.82, 2.24) is 4.90 Å². The van der Waals surface area contributed by atoms with Gasteiger partial charge in [0.05, 0.1) is 16.1 Å². The summed E-state index contributed by atoms with van der Waals surface area (Å²) in [5, 5.41) is 3.21. The summed E-state index contributed by atoms with van der Waals surface area (Å²) in [6.07, 6.45) is 2.04. The van der Waals surface area contributed by atoms with Crippen LogP contribution >= 0.6 is 34.5 Å². The molecule has 0 N–H and O–H groups in total. The summed E-state index contributed by atoms with van der Waals surface area (Å²) in [5.74, 6) is 0.181. The van der Waals surface area contributed by atoms with Gasteiger partial charge < -0.3 is 4.90 Å². The average Bonchev–Trinajstić information content (AvgIpc) is 2.98. The molecule has 0 fully saturated rings. The Morgan fingerprint density at radius 1 is 1.36 bits per heavy atom. The summed E-state index contributed by atoms with van der Waals surface area (Å²) in [6, 6.07) is 7.86. The second-order valence-electron chi connectivity index (χ2n) is 5.53. The standard InChI is InChI=1S/C17H17Cl2NOS/c1-11-13-8-10-22-15(13)7-9-20(11)16(21)6-5-12-3-2-4-14(18)17(12)19/h2-4,8,10-11H,5-7,9H2,1H3. The summed E-state index contributed by atoms with van der Waals surface area (Å²) in [7, 11) is 0. The third-order valence-corrected chi connectivity index (χ3v) is 6.09. The van der Waals surface area contributed by atoms with Crippen LogP contribution in [0.4, 0.5) is 0 Å². The van der Waals surface area contributed by atoms with Gasteiger partial charge in [0.2, 0.25) is 5.91 Å². The molecule has 1 unspecified atom stereocenters. The molecule has 2 aromatic rings. The summed E-state index contributed by atoms with van der Waals surface area (Å²) < 4.78 is 0. The SMILES string of the molecule is CC1c2ccsc2CCN1C(=O)CCc1cccc(Cl)c1Cl. The van der Waals surface area contributed by atoms with E-state index in [0.717, 1.165) is 18.5 Å². The van der Waals surface area contributed by atoms with Crippen LogP contribution in [0.5, 0.6) is 0 Å². The van der Waals surface area contributed by atoms with Gasteiger partial charge in [-0.3, -0.25) is 4.79 Å². The minimum atomic E-state index is 0.164. The molecule has 1 aliphatic rings. The zero-order valence-corrected chi connectivity index (χ0v) is 14.6. The van der Waals surface area contributed by atoms with Crippen LogP contribution in [0.2, 0.25) is 10.0 Å². The number of benzene rings is 1. The van der Waals surface area contributed by atoms with Crippen LogP contribution in [0.15, 0.2) is 29.6 Å². The largest absolute Gasteiger partial charge is 0.336 e. The van der Waals surface area contributed by atoms with Crippen molar-refractivity contribution in [1.29, 1.82) is 0 Å². The van der Waals surface area contributed by atoms with E-state index in [9.17, 15) is 4.79 Å². The zero-order chi connectivity index (χ0) is 15.7. The molecule has 1 aliphatic heterocycles. The van der Waals surface area contributed by atoms with E-state index < -0.39 is 0 Å². The van der Waals surface area contributed by atoms with E-state index >= 15 is 0 Å². The lowest BCUT2D eigenvalue weighted by Gasteiger charge is -2.33. The van der Waals surface area contributed by atoms with Crippen LogP contribution in [0.25, 0.3) is 0 Å². The van der Waals surface area contributed by atoms with Crippen molar-refractivity contribution < 1.29 is 4.79 Å². The van der Waals surface area contributed by atoms with E-state index in [1.54, 1.807) is 17.4 Å². The lowest BCUT2D eigenvalue weighted by molar-refractivity contribution is -0.133. The topological polar surface area (TPSA) is 20.3 Å². The molecule has 0 saturated heterocycles. The van der Waals surface area contributed by atoms with Crippen molar-refractivity contribution in [3.63, 3.8) is 0 Å². The average molecular weight is 354 g/mol. The number of amides is 1. The highest BCUT2D eigenvalue weighted by molar-refractivity contribution is 7.10. The van der Waals surface area contributed by atoms with E-state index in [1.165, 1.54) is 10.4 Å². The molecular formula is C17H17Cl2NOS. The first-order valence-corrected chi connectivity index (χ1v) is 9.00. The Bertz CT molecular complexity index is 698. The summed E-state index contributed by atoms with van der Waals surface area (Å²) >= 11 is 14.0. The van der Waals surface area contributed by atoms with Gasteiger partial charge in [0, 0.05) is 17.8 Å². The Hall–Kier alpha value is -1.03. The monoisotopic (exact) mass is 353 g/mol. The molecule has 1 atom stereocenters. The van der Waals surface area contributed by atoms with Crippen LogP contribution in [0, 0.1) is 0 Å². The number of rotatable bonds is 3. The summed E-state index contributed by atoms with van der Waals surface area (Å²) in [6.45, 7) is 2.91. The molecule has 1 aromatic heterocycles. The molecule has 1 amide bonds. The summed E-state index contributed by atoms with van der Waals surface area (Å²) in [4.78, 5) is 16.0. The lowest BCUT2D eigenvalue weighted by atomic mass is 10.0. The molecule has 116 valence electrons. The molecule has 3 rings (SSSR count). The first-order chi connectivity index (χ1) is 10.6. The third kappa shape index (κ3) is 3.03. The second kappa shape index (κ2) is 6.61. The minimum Gasteiger partial charge on any atom is -0.336 e. The van der Waals surface area contributed by atoms with Crippen molar-refractivity contribution >= 4 is 40.4 Å². The fourth-order valence-electron chi connectivity index (χ4n) is 2.98. The van der Waals surface area contributed by atoms with Gasteiger partial charge in [-0.15, -0.1) is 11.3 Å². The molecule has 0 aliphatic carbocycles. The van der Waals surface area contributed by atoms with Crippen molar-refractivity contribution in [3.8, 4) is 0 Å². The molecule has 0 bridgehead atoms. The van der Waals surface area contributed by atoms with E-state index in [1.807, 2.05) is 17.0 Å². The van der Waals surface area contributed by atoms with Crippen molar-refractivity contribution in [2.24, 2.45) is 0 Å². The van der Waals surface area contributed by atoms with E-state index in [2.05, 4.69) is 18.4 Å². The Balaban J connectivity index is 1.67. The number of hydrogen-bond acceptors (Lipinski definition) is 2. The maximum absolute atomic E-state index is 12.6. The number of carbonyl (C=O) groups excluding carboxylic acids is 1. The molecule has 1 aromatic carbocycles. The highest BCUT2D eigenvalue weighted by Crippen LogP contribution is 2.33. The lowest BCUT2D eigenvalue weighted by Crippen LogP contribution is -2.38. The van der Waals surface area contributed by atoms with Crippen molar-refractivity contribution in [2.45, 2.75) is 32.2 Å². The number of fused-ring (bicyclic) bond motifs is 1. The smallest absolute Gasteiger partial charge is 0.223 e. The first-order valence-electron chi connectivity index (χ1n) is 7.36. The van der Waals surface area contributed by atoms with Gasteiger partial charge in [0.1, 0.15) is 0 Å². The number of halogens is 2. The third-order valence-electron chi connectivity index (χ3n) is 4.24. The van der Waals surface area contributed by atoms with Gasteiger partial charge in [-0.25, -0.2) is 0 Å². The number of thiophene rings is 1. The van der Waals surface area contributed by atoms with Gasteiger partial charge in [0.15, 0.2) is 0 Å². The first kappa shape index (κ1) is 15.9. The predicted molar refractivity (Wildman–Crippen MR) is 92.9 cm³/mol. The fraction of sp³-hybridized carbons (Fsp3) is 0.353. The zero-order valence-electron chi connectivity index (χ0n) is 12.3. The highest BCUT2D eigenvalue weighted by Gasteiger charge is 2.27. The summed E-state index contributed by atoms with van der Waals surface area (Å²) in [5.41, 5.74) is 2.23. The molecule has 2 heterocycles. The van der Waals surface area contributed by atoms with Gasteiger partial charge in [0.25, 0.3) is 0 Å². The van der Waals surface area contributed by atoms with Crippen LogP contribution in [0.3, 0.4) is 0 Å². The van der Waals surface area contributed by atoms with E-state index in [-0.39, 0.29) is 11.9 Å². The predicted octanol–water partition coefficient (Wildman–Crippen LogP) is 5.13. The molecule has 2 nitrogen and oxygen atoms in total. The molecule has 0 spiro atoms. The Morgan fingerprint density at radius 2 is 2.18 bits per heavy atom. The van der Waals surface area contributed by atoms with Gasteiger partial charge in [-0.05, 0) is 48.4 Å². The molecule has 5 heteroatoms. The van der Waals surface area contributed by atoms with Crippen LogP contribution in [-0.4, -0.2) is 17.4 Å². The van der Waals surface area contributed by atoms with Gasteiger partial charge >= 0.3 is 0 Å². The maximum atomic E-state index is 12.6. The number of carbonyl (C=O) groups is 1. The Labute approximate surface area is 144 Å². The van der Waals surface area contributed by atoms with Crippen molar-refractivity contribution in [3.05, 3.63) is 55.7 Å². The number of nitrogens with zero attached hydrogens (tertiary/aromatic N) is 1. The molecule has 0 radical (unpaired) electrons.